The van der Waals surface area contributed by atoms with Gasteiger partial charge < -0.3 is 15.6 Å². The average molecular weight is 145 g/mol. The summed E-state index contributed by atoms with van der Waals surface area (Å²) in [4.78, 5) is 19.9. The van der Waals surface area contributed by atoms with Crippen molar-refractivity contribution in [1.29, 1.82) is 0 Å². The van der Waals surface area contributed by atoms with Crippen molar-refractivity contribution in [3.05, 3.63) is 0 Å². The van der Waals surface area contributed by atoms with Crippen molar-refractivity contribution < 1.29 is 14.7 Å². The van der Waals surface area contributed by atoms with E-state index >= 15 is 0 Å². The summed E-state index contributed by atoms with van der Waals surface area (Å²) in [6.07, 6.45) is 0.791. The van der Waals surface area contributed by atoms with Gasteiger partial charge in [0.25, 0.3) is 0 Å². The molecule has 0 fully saturated rings. The summed E-state index contributed by atoms with van der Waals surface area (Å²) in [5.74, 6) is -0.731. The molecule has 0 aliphatic heterocycles. The van der Waals surface area contributed by atoms with E-state index in [1.807, 2.05) is 0 Å². The molecule has 0 radical (unpaired) electrons. The number of hydrogen-bond acceptors (Lipinski definition) is 3. The largest absolute Gasteiger partial charge is 0.383 e. The van der Waals surface area contributed by atoms with Crippen LogP contribution < -0.4 is 5.73 Å². The standard InChI is InChI=1S/C6H11NO3/c7-6(10)5(9)3-1-2-4-8/h4-5,9H,1-3H2,(H2,7,10). The minimum Gasteiger partial charge on any atom is -0.383 e. The second-order valence-corrected chi connectivity index (χ2v) is 2.02. The normalized spacial score (nSPS) is 12.5. The molecule has 0 aliphatic rings. The summed E-state index contributed by atoms with van der Waals surface area (Å²) >= 11 is 0. The molecule has 0 spiro atoms. The maximum atomic E-state index is 10.2. The van der Waals surface area contributed by atoms with Gasteiger partial charge in [-0.3, -0.25) is 4.79 Å². The van der Waals surface area contributed by atoms with Crippen molar-refractivity contribution in [3.8, 4) is 0 Å². The van der Waals surface area contributed by atoms with E-state index in [1.54, 1.807) is 0 Å². The van der Waals surface area contributed by atoms with Gasteiger partial charge in [-0.25, -0.2) is 0 Å². The van der Waals surface area contributed by atoms with Crippen molar-refractivity contribution in [2.75, 3.05) is 0 Å². The van der Waals surface area contributed by atoms with Crippen LogP contribution in [0.25, 0.3) is 0 Å². The van der Waals surface area contributed by atoms with Gasteiger partial charge in [-0.1, -0.05) is 0 Å². The fraction of sp³-hybridized carbons (Fsp3) is 0.667. The molecule has 4 nitrogen and oxygen atoms in total. The number of primary amides is 1. The lowest BCUT2D eigenvalue weighted by molar-refractivity contribution is -0.126. The van der Waals surface area contributed by atoms with Crippen LogP contribution in [0.2, 0.25) is 0 Å². The molecule has 0 saturated carbocycles. The summed E-state index contributed by atoms with van der Waals surface area (Å²) in [6.45, 7) is 0. The van der Waals surface area contributed by atoms with Crippen LogP contribution in [0.15, 0.2) is 0 Å². The Balaban J connectivity index is 3.30. The summed E-state index contributed by atoms with van der Waals surface area (Å²) in [7, 11) is 0. The molecular formula is C6H11NO3. The molecule has 1 amide bonds. The van der Waals surface area contributed by atoms with Crippen molar-refractivity contribution in [3.63, 3.8) is 0 Å². The van der Waals surface area contributed by atoms with Gasteiger partial charge in [-0.15, -0.1) is 0 Å². The number of carbonyl (C=O) groups excluding carboxylic acids is 2. The van der Waals surface area contributed by atoms with Crippen LogP contribution in [0.5, 0.6) is 0 Å². The maximum absolute atomic E-state index is 10.2. The second-order valence-electron chi connectivity index (χ2n) is 2.02. The SMILES string of the molecule is NC(=O)C(O)CCCC=O. The average Bonchev–Trinajstić information content (AvgIpc) is 1.88. The number of rotatable bonds is 5. The third-order valence-corrected chi connectivity index (χ3v) is 1.13. The quantitative estimate of drug-likeness (QED) is 0.392. The summed E-state index contributed by atoms with van der Waals surface area (Å²) in [5, 5.41) is 8.76. The van der Waals surface area contributed by atoms with Gasteiger partial charge in [-0.2, -0.15) is 0 Å². The number of nitrogens with two attached hydrogens (primary N) is 1. The Hall–Kier alpha value is -0.900. The fourth-order valence-electron chi connectivity index (χ4n) is 0.537. The zero-order valence-corrected chi connectivity index (χ0v) is 5.62. The Labute approximate surface area is 59.0 Å². The highest BCUT2D eigenvalue weighted by Gasteiger charge is 2.08. The maximum Gasteiger partial charge on any atom is 0.246 e. The molecule has 1 unspecified atom stereocenters. The Kier molecular flexibility index (Phi) is 4.49. The van der Waals surface area contributed by atoms with E-state index in [9.17, 15) is 9.59 Å². The molecule has 10 heavy (non-hydrogen) atoms. The molecule has 58 valence electrons. The monoisotopic (exact) mass is 145 g/mol. The first-order valence-electron chi connectivity index (χ1n) is 3.09. The van der Waals surface area contributed by atoms with Crippen LogP contribution in [0.4, 0.5) is 0 Å². The zero-order chi connectivity index (χ0) is 7.98. The highest BCUT2D eigenvalue weighted by molar-refractivity contribution is 5.78. The summed E-state index contributed by atoms with van der Waals surface area (Å²) < 4.78 is 0. The zero-order valence-electron chi connectivity index (χ0n) is 5.62. The lowest BCUT2D eigenvalue weighted by atomic mass is 10.1. The number of amides is 1. The minimum atomic E-state index is -1.10. The number of carbonyl (C=O) groups is 2. The molecule has 0 heterocycles. The molecule has 3 N–H and O–H groups in total. The van der Waals surface area contributed by atoms with Crippen LogP contribution in [0, 0.1) is 0 Å². The lowest BCUT2D eigenvalue weighted by Gasteiger charge is -2.02. The van der Waals surface area contributed by atoms with Crippen LogP contribution in [0.3, 0.4) is 0 Å². The number of aldehydes is 1. The van der Waals surface area contributed by atoms with Crippen molar-refractivity contribution in [1.82, 2.24) is 0 Å². The predicted molar refractivity (Wildman–Crippen MR) is 35.1 cm³/mol. The molecule has 0 saturated heterocycles. The van der Waals surface area contributed by atoms with Crippen LogP contribution in [-0.4, -0.2) is 23.4 Å². The molecule has 1 atom stereocenters. The van der Waals surface area contributed by atoms with Crippen LogP contribution >= 0.6 is 0 Å². The Morgan fingerprint density at radius 3 is 2.70 bits per heavy atom. The molecule has 0 aromatic heterocycles. The molecular weight excluding hydrogens is 134 g/mol. The van der Waals surface area contributed by atoms with E-state index in [2.05, 4.69) is 0 Å². The van der Waals surface area contributed by atoms with E-state index < -0.39 is 12.0 Å². The van der Waals surface area contributed by atoms with Gasteiger partial charge >= 0.3 is 0 Å². The highest BCUT2D eigenvalue weighted by Crippen LogP contribution is 1.97. The van der Waals surface area contributed by atoms with Gasteiger partial charge in [-0.05, 0) is 12.8 Å². The molecule has 0 bridgehead atoms. The van der Waals surface area contributed by atoms with E-state index in [1.165, 1.54) is 0 Å². The predicted octanol–water partition coefficient (Wildman–Crippen LogP) is -0.798. The van der Waals surface area contributed by atoms with Crippen LogP contribution in [-0.2, 0) is 9.59 Å². The van der Waals surface area contributed by atoms with Gasteiger partial charge in [0, 0.05) is 6.42 Å². The van der Waals surface area contributed by atoms with E-state index in [0.717, 1.165) is 6.29 Å². The smallest absolute Gasteiger partial charge is 0.246 e. The third kappa shape index (κ3) is 4.03. The Bertz CT molecular complexity index is 124. The van der Waals surface area contributed by atoms with Crippen LogP contribution in [0.1, 0.15) is 19.3 Å². The minimum absolute atomic E-state index is 0.272. The molecule has 0 aromatic carbocycles. The number of unbranched alkanes of at least 4 members (excludes halogenated alkanes) is 1. The van der Waals surface area contributed by atoms with Gasteiger partial charge in [0.05, 0.1) is 0 Å². The van der Waals surface area contributed by atoms with Crippen molar-refractivity contribution in [2.45, 2.75) is 25.4 Å². The van der Waals surface area contributed by atoms with E-state index in [0.29, 0.717) is 12.8 Å². The third-order valence-electron chi connectivity index (χ3n) is 1.13. The van der Waals surface area contributed by atoms with Gasteiger partial charge in [0.1, 0.15) is 12.4 Å². The number of hydrogen-bond donors (Lipinski definition) is 2. The molecule has 4 heteroatoms. The first kappa shape index (κ1) is 9.10. The van der Waals surface area contributed by atoms with Gasteiger partial charge in [0.2, 0.25) is 5.91 Å². The molecule has 0 rings (SSSR count). The lowest BCUT2D eigenvalue weighted by Crippen LogP contribution is -2.27. The number of aliphatic hydroxyl groups is 1. The Morgan fingerprint density at radius 2 is 2.30 bits per heavy atom. The summed E-state index contributed by atoms with van der Waals surface area (Å²) in [6, 6.07) is 0. The highest BCUT2D eigenvalue weighted by atomic mass is 16.3. The second kappa shape index (κ2) is 4.93. The first-order valence-corrected chi connectivity index (χ1v) is 3.09. The molecule has 0 aliphatic carbocycles. The van der Waals surface area contributed by atoms with E-state index in [-0.39, 0.29) is 6.42 Å². The van der Waals surface area contributed by atoms with Gasteiger partial charge in [0.15, 0.2) is 0 Å². The van der Waals surface area contributed by atoms with E-state index in [4.69, 9.17) is 10.8 Å². The first-order chi connectivity index (χ1) is 4.68. The number of aliphatic hydroxyl groups excluding tert-OH is 1. The van der Waals surface area contributed by atoms with Crippen molar-refractivity contribution in [2.24, 2.45) is 5.73 Å². The summed E-state index contributed by atoms with van der Waals surface area (Å²) in [5.41, 5.74) is 4.74. The Morgan fingerprint density at radius 1 is 1.70 bits per heavy atom. The van der Waals surface area contributed by atoms with Crippen molar-refractivity contribution >= 4 is 12.2 Å². The topological polar surface area (TPSA) is 80.4 Å². The molecule has 0 aromatic rings. The fourth-order valence-corrected chi connectivity index (χ4v) is 0.537.